The molecular weight excluding hydrogens is 115 g/mol. The van der Waals surface area contributed by atoms with Gasteiger partial charge < -0.3 is 9.76 Å². The van der Waals surface area contributed by atoms with Crippen LogP contribution in [-0.2, 0) is 4.74 Å². The summed E-state index contributed by atoms with van der Waals surface area (Å²) >= 11 is 0. The van der Waals surface area contributed by atoms with Gasteiger partial charge in [0.1, 0.15) is 0 Å². The van der Waals surface area contributed by atoms with Gasteiger partial charge in [-0.1, -0.05) is 13.6 Å². The van der Waals surface area contributed by atoms with Gasteiger partial charge in [0, 0.05) is 13.2 Å². The molecule has 0 aliphatic carbocycles. The molecule has 0 unspecified atom stereocenters. The summed E-state index contributed by atoms with van der Waals surface area (Å²) in [7, 11) is 0. The monoisotopic (exact) mass is 132 g/mol. The van der Waals surface area contributed by atoms with Gasteiger partial charge in [0.15, 0.2) is 0 Å². The fourth-order valence-corrected chi connectivity index (χ4v) is 0.204. The zero-order valence-electron chi connectivity index (χ0n) is 6.85. The molecule has 0 aromatic carbocycles. The van der Waals surface area contributed by atoms with Gasteiger partial charge >= 0.3 is 0 Å². The molecule has 0 saturated heterocycles. The lowest BCUT2D eigenvalue weighted by molar-refractivity contribution is 0.162. The maximum atomic E-state index is 8.06. The fraction of sp³-hybridized carbons (Fsp3) is 1.00. The summed E-state index contributed by atoms with van der Waals surface area (Å²) < 4.78 is 4.83. The third kappa shape index (κ3) is 72.6. The zero-order chi connectivity index (χ0) is 7.70. The molecule has 0 aromatic heterocycles. The van der Waals surface area contributed by atoms with Gasteiger partial charge in [0.25, 0.3) is 6.92 Å². The third-order valence-corrected chi connectivity index (χ3v) is 0.408. The second-order valence-corrected chi connectivity index (χ2v) is 1.88. The Kier molecular flexibility index (Phi) is 14.2. The first-order valence-electron chi connectivity index (χ1n) is 3.40. The van der Waals surface area contributed by atoms with Gasteiger partial charge in [0.2, 0.25) is 0 Å². The first-order chi connectivity index (χ1) is 4.15. The van der Waals surface area contributed by atoms with Crippen LogP contribution in [0.15, 0.2) is 0 Å². The SMILES string of the molecule is CB(C)O.CCOCC. The van der Waals surface area contributed by atoms with Gasteiger partial charge in [-0.15, -0.1) is 0 Å². The van der Waals surface area contributed by atoms with Crippen LogP contribution in [0.3, 0.4) is 0 Å². The fourth-order valence-electron chi connectivity index (χ4n) is 0.204. The number of hydrogen-bond donors (Lipinski definition) is 1. The van der Waals surface area contributed by atoms with E-state index in [1.54, 1.807) is 13.6 Å². The Morgan fingerprint density at radius 2 is 1.44 bits per heavy atom. The third-order valence-electron chi connectivity index (χ3n) is 0.408. The molecule has 0 aromatic rings. The number of hydrogen-bond acceptors (Lipinski definition) is 2. The summed E-state index contributed by atoms with van der Waals surface area (Å²) in [5.74, 6) is 0. The average Bonchev–Trinajstić information content (AvgIpc) is 1.66. The predicted octanol–water partition coefficient (Wildman–Crippen LogP) is 1.27. The van der Waals surface area contributed by atoms with Crippen LogP contribution in [0.5, 0.6) is 0 Å². The van der Waals surface area contributed by atoms with E-state index in [4.69, 9.17) is 9.76 Å². The van der Waals surface area contributed by atoms with E-state index in [2.05, 4.69) is 0 Å². The maximum Gasteiger partial charge on any atom is 0.282 e. The Balaban J connectivity index is 0. The summed E-state index contributed by atoms with van der Waals surface area (Å²) in [4.78, 5) is 0. The number of ether oxygens (including phenoxy) is 1. The van der Waals surface area contributed by atoms with E-state index >= 15 is 0 Å². The molecule has 0 fully saturated rings. The van der Waals surface area contributed by atoms with E-state index in [9.17, 15) is 0 Å². The Hall–Kier alpha value is -0.0151. The van der Waals surface area contributed by atoms with Crippen molar-refractivity contribution in [2.24, 2.45) is 0 Å². The quantitative estimate of drug-likeness (QED) is 0.573. The minimum atomic E-state index is -0.167. The molecule has 0 spiro atoms. The highest BCUT2D eigenvalue weighted by Crippen LogP contribution is 1.64. The van der Waals surface area contributed by atoms with Gasteiger partial charge in [-0.2, -0.15) is 0 Å². The zero-order valence-corrected chi connectivity index (χ0v) is 6.85. The molecular formula is C6H17BO2. The molecule has 0 bridgehead atoms. The standard InChI is InChI=1S/C4H10O.C2H7BO/c1-3-5-4-2;1-3(2)4/h3-4H2,1-2H3;4H,1-2H3. The minimum Gasteiger partial charge on any atom is -0.451 e. The molecule has 0 heterocycles. The lowest BCUT2D eigenvalue weighted by atomic mass is 9.76. The van der Waals surface area contributed by atoms with Crippen LogP contribution in [0.2, 0.25) is 13.6 Å². The topological polar surface area (TPSA) is 29.5 Å². The molecule has 0 saturated carbocycles. The first kappa shape index (κ1) is 11.7. The van der Waals surface area contributed by atoms with Crippen molar-refractivity contribution >= 4 is 6.92 Å². The Labute approximate surface area is 58.3 Å². The first-order valence-corrected chi connectivity index (χ1v) is 3.40. The van der Waals surface area contributed by atoms with E-state index in [0.717, 1.165) is 13.2 Å². The summed E-state index contributed by atoms with van der Waals surface area (Å²) in [6.45, 7) is 8.94. The van der Waals surface area contributed by atoms with Crippen molar-refractivity contribution in [1.82, 2.24) is 0 Å². The molecule has 3 heteroatoms. The molecule has 56 valence electrons. The van der Waals surface area contributed by atoms with Gasteiger partial charge in [-0.3, -0.25) is 0 Å². The summed E-state index contributed by atoms with van der Waals surface area (Å²) in [5.41, 5.74) is 0. The second kappa shape index (κ2) is 10.9. The van der Waals surface area contributed by atoms with Crippen LogP contribution in [0, 0.1) is 0 Å². The van der Waals surface area contributed by atoms with Crippen LogP contribution in [0.25, 0.3) is 0 Å². The Morgan fingerprint density at radius 3 is 1.44 bits per heavy atom. The largest absolute Gasteiger partial charge is 0.451 e. The van der Waals surface area contributed by atoms with Gasteiger partial charge in [-0.25, -0.2) is 0 Å². The van der Waals surface area contributed by atoms with E-state index in [1.807, 2.05) is 13.8 Å². The molecule has 0 amide bonds. The minimum absolute atomic E-state index is 0.167. The van der Waals surface area contributed by atoms with Crippen LogP contribution in [0.4, 0.5) is 0 Å². The molecule has 0 aliphatic heterocycles. The highest BCUT2D eigenvalue weighted by molar-refractivity contribution is 6.46. The van der Waals surface area contributed by atoms with Crippen LogP contribution in [0.1, 0.15) is 13.8 Å². The van der Waals surface area contributed by atoms with Gasteiger partial charge in [-0.05, 0) is 13.8 Å². The summed E-state index contributed by atoms with van der Waals surface area (Å²) in [5, 5.41) is 8.06. The summed E-state index contributed by atoms with van der Waals surface area (Å²) in [6.07, 6.45) is 0. The van der Waals surface area contributed by atoms with Crippen molar-refractivity contribution in [3.05, 3.63) is 0 Å². The molecule has 2 nitrogen and oxygen atoms in total. The van der Waals surface area contributed by atoms with Crippen LogP contribution in [-0.4, -0.2) is 25.2 Å². The normalized spacial score (nSPS) is 7.67. The predicted molar refractivity (Wildman–Crippen MR) is 41.9 cm³/mol. The average molecular weight is 132 g/mol. The summed E-state index contributed by atoms with van der Waals surface area (Å²) in [6, 6.07) is 0. The lowest BCUT2D eigenvalue weighted by Gasteiger charge is -1.86. The van der Waals surface area contributed by atoms with Crippen molar-refractivity contribution in [2.45, 2.75) is 27.5 Å². The molecule has 0 aliphatic rings. The lowest BCUT2D eigenvalue weighted by Crippen LogP contribution is -1.93. The van der Waals surface area contributed by atoms with E-state index < -0.39 is 0 Å². The van der Waals surface area contributed by atoms with Crippen molar-refractivity contribution in [3.8, 4) is 0 Å². The molecule has 0 rings (SSSR count). The van der Waals surface area contributed by atoms with E-state index in [0.29, 0.717) is 0 Å². The van der Waals surface area contributed by atoms with E-state index in [1.165, 1.54) is 0 Å². The van der Waals surface area contributed by atoms with Crippen LogP contribution < -0.4 is 0 Å². The molecule has 9 heavy (non-hydrogen) atoms. The highest BCUT2D eigenvalue weighted by Gasteiger charge is 1.80. The van der Waals surface area contributed by atoms with Crippen molar-refractivity contribution < 1.29 is 9.76 Å². The molecule has 0 radical (unpaired) electrons. The molecule has 1 N–H and O–H groups in total. The Morgan fingerprint density at radius 1 is 1.22 bits per heavy atom. The maximum absolute atomic E-state index is 8.06. The highest BCUT2D eigenvalue weighted by atomic mass is 16.5. The Bertz CT molecular complexity index is 35.3. The van der Waals surface area contributed by atoms with Crippen molar-refractivity contribution in [1.29, 1.82) is 0 Å². The van der Waals surface area contributed by atoms with Crippen molar-refractivity contribution in [2.75, 3.05) is 13.2 Å². The second-order valence-electron chi connectivity index (χ2n) is 1.88. The van der Waals surface area contributed by atoms with Crippen LogP contribution >= 0.6 is 0 Å². The molecule has 0 atom stereocenters. The van der Waals surface area contributed by atoms with Gasteiger partial charge in [0.05, 0.1) is 0 Å². The van der Waals surface area contributed by atoms with Crippen molar-refractivity contribution in [3.63, 3.8) is 0 Å². The smallest absolute Gasteiger partial charge is 0.282 e. The van der Waals surface area contributed by atoms with E-state index in [-0.39, 0.29) is 6.92 Å². The number of rotatable bonds is 2.